The topological polar surface area (TPSA) is 37.8 Å². The molecular formula is C27H28FN3S. The first-order chi connectivity index (χ1) is 15.5. The Morgan fingerprint density at radius 3 is 2.50 bits per heavy atom. The number of hydrogen-bond acceptors (Lipinski definition) is 4. The molecule has 1 aliphatic carbocycles. The second-order valence-corrected chi connectivity index (χ2v) is 9.90. The van der Waals surface area contributed by atoms with Gasteiger partial charge in [0.15, 0.2) is 0 Å². The van der Waals surface area contributed by atoms with Crippen molar-refractivity contribution in [3.63, 3.8) is 0 Å². The Kier molecular flexibility index (Phi) is 5.56. The van der Waals surface area contributed by atoms with Crippen molar-refractivity contribution in [2.24, 2.45) is 0 Å². The van der Waals surface area contributed by atoms with Crippen molar-refractivity contribution < 1.29 is 4.39 Å². The molecule has 2 heterocycles. The van der Waals surface area contributed by atoms with Gasteiger partial charge in [-0.25, -0.2) is 14.4 Å². The summed E-state index contributed by atoms with van der Waals surface area (Å²) in [6.07, 6.45) is 3.26. The Labute approximate surface area is 192 Å². The van der Waals surface area contributed by atoms with E-state index < -0.39 is 0 Å². The van der Waals surface area contributed by atoms with E-state index >= 15 is 4.39 Å². The molecule has 2 atom stereocenters. The fraction of sp³-hybridized carbons (Fsp3) is 0.333. The first kappa shape index (κ1) is 21.2. The molecule has 5 rings (SSSR count). The number of nitrogens with zero attached hydrogens (tertiary/aromatic N) is 2. The van der Waals surface area contributed by atoms with Crippen LogP contribution in [0.15, 0.2) is 60.7 Å². The third-order valence-electron chi connectivity index (χ3n) is 6.69. The molecule has 0 saturated heterocycles. The standard InChI is InChI=1S/C27H28FN3S/c1-4-17(2)29-18(3)19-10-11-21(22(28)16-19)25-30-23-12-13-24(31-26(23)32-25)27(14-15-27)20-8-6-5-7-9-20/h5-13,16-18,29H,4,14-15H2,1-3H3/t17-,18-/m0/s1. The van der Waals surface area contributed by atoms with Gasteiger partial charge in [-0.1, -0.05) is 54.7 Å². The van der Waals surface area contributed by atoms with Gasteiger partial charge < -0.3 is 5.32 Å². The van der Waals surface area contributed by atoms with Crippen LogP contribution in [-0.4, -0.2) is 16.0 Å². The van der Waals surface area contributed by atoms with E-state index in [9.17, 15) is 0 Å². The molecule has 0 spiro atoms. The molecule has 2 aromatic heterocycles. The fourth-order valence-electron chi connectivity index (χ4n) is 4.39. The molecule has 0 amide bonds. The van der Waals surface area contributed by atoms with Crippen LogP contribution in [-0.2, 0) is 5.41 Å². The van der Waals surface area contributed by atoms with Gasteiger partial charge in [0, 0.05) is 23.1 Å². The van der Waals surface area contributed by atoms with Gasteiger partial charge in [-0.2, -0.15) is 0 Å². The number of hydrogen-bond donors (Lipinski definition) is 1. The lowest BCUT2D eigenvalue weighted by Crippen LogP contribution is -2.28. The molecule has 32 heavy (non-hydrogen) atoms. The summed E-state index contributed by atoms with van der Waals surface area (Å²) in [7, 11) is 0. The van der Waals surface area contributed by atoms with Crippen LogP contribution in [0.25, 0.3) is 20.9 Å². The van der Waals surface area contributed by atoms with Gasteiger partial charge in [-0.05, 0) is 68.5 Å². The van der Waals surface area contributed by atoms with Crippen LogP contribution in [0.3, 0.4) is 0 Å². The third kappa shape index (κ3) is 3.84. The van der Waals surface area contributed by atoms with Gasteiger partial charge >= 0.3 is 0 Å². The Balaban J connectivity index is 1.45. The van der Waals surface area contributed by atoms with E-state index in [2.05, 4.69) is 56.4 Å². The summed E-state index contributed by atoms with van der Waals surface area (Å²) in [5, 5.41) is 4.19. The second kappa shape index (κ2) is 8.38. The van der Waals surface area contributed by atoms with Crippen molar-refractivity contribution in [2.45, 2.75) is 57.5 Å². The SMILES string of the molecule is CC[C@H](C)N[C@@H](C)c1ccc(-c2nc3ccc(C4(c5ccccc5)CC4)nc3s2)c(F)c1. The summed E-state index contributed by atoms with van der Waals surface area (Å²) >= 11 is 1.47. The number of thiazole rings is 1. The molecule has 2 aromatic carbocycles. The van der Waals surface area contributed by atoms with Crippen molar-refractivity contribution in [1.29, 1.82) is 0 Å². The van der Waals surface area contributed by atoms with E-state index in [1.54, 1.807) is 6.07 Å². The molecule has 1 saturated carbocycles. The highest BCUT2D eigenvalue weighted by molar-refractivity contribution is 7.21. The smallest absolute Gasteiger partial charge is 0.144 e. The minimum Gasteiger partial charge on any atom is -0.308 e. The van der Waals surface area contributed by atoms with Gasteiger partial charge in [0.2, 0.25) is 0 Å². The molecule has 1 aliphatic rings. The van der Waals surface area contributed by atoms with Crippen LogP contribution in [0.4, 0.5) is 4.39 Å². The molecule has 0 radical (unpaired) electrons. The predicted octanol–water partition coefficient (Wildman–Crippen LogP) is 7.03. The monoisotopic (exact) mass is 445 g/mol. The summed E-state index contributed by atoms with van der Waals surface area (Å²) in [5.41, 5.74) is 4.74. The largest absolute Gasteiger partial charge is 0.308 e. The van der Waals surface area contributed by atoms with Gasteiger partial charge in [0.25, 0.3) is 0 Å². The molecule has 3 nitrogen and oxygen atoms in total. The highest BCUT2D eigenvalue weighted by Crippen LogP contribution is 2.53. The van der Waals surface area contributed by atoms with Crippen LogP contribution < -0.4 is 5.32 Å². The van der Waals surface area contributed by atoms with E-state index in [1.165, 1.54) is 16.9 Å². The van der Waals surface area contributed by atoms with Crippen molar-refractivity contribution in [2.75, 3.05) is 0 Å². The zero-order chi connectivity index (χ0) is 22.3. The third-order valence-corrected chi connectivity index (χ3v) is 7.69. The Bertz CT molecular complexity index is 1250. The molecule has 0 unspecified atom stereocenters. The second-order valence-electron chi connectivity index (χ2n) is 8.92. The molecular weight excluding hydrogens is 417 g/mol. The number of pyridine rings is 1. The molecule has 164 valence electrons. The fourth-order valence-corrected chi connectivity index (χ4v) is 5.35. The average molecular weight is 446 g/mol. The number of rotatable bonds is 7. The number of nitrogens with one attached hydrogen (secondary N) is 1. The normalized spacial score (nSPS) is 16.8. The van der Waals surface area contributed by atoms with E-state index in [4.69, 9.17) is 9.97 Å². The van der Waals surface area contributed by atoms with Crippen LogP contribution in [0.5, 0.6) is 0 Å². The number of aromatic nitrogens is 2. The number of benzene rings is 2. The van der Waals surface area contributed by atoms with Gasteiger partial charge in [-0.3, -0.25) is 0 Å². The zero-order valence-corrected chi connectivity index (χ0v) is 19.5. The number of halogens is 1. The minimum absolute atomic E-state index is 0.0191. The minimum atomic E-state index is -0.234. The van der Waals surface area contributed by atoms with Crippen LogP contribution in [0.1, 0.15) is 62.9 Å². The Morgan fingerprint density at radius 1 is 1.03 bits per heavy atom. The first-order valence-corrected chi connectivity index (χ1v) is 12.2. The summed E-state index contributed by atoms with van der Waals surface area (Å²) < 4.78 is 15.1. The lowest BCUT2D eigenvalue weighted by atomic mass is 9.92. The summed E-state index contributed by atoms with van der Waals surface area (Å²) in [6, 6.07) is 20.7. The summed E-state index contributed by atoms with van der Waals surface area (Å²) in [5.74, 6) is -0.234. The maximum Gasteiger partial charge on any atom is 0.144 e. The maximum atomic E-state index is 15.1. The molecule has 1 fully saturated rings. The molecule has 0 aliphatic heterocycles. The highest BCUT2D eigenvalue weighted by Gasteiger charge is 2.47. The van der Waals surface area contributed by atoms with E-state index in [0.717, 1.165) is 40.9 Å². The summed E-state index contributed by atoms with van der Waals surface area (Å²) in [4.78, 5) is 10.5. The predicted molar refractivity (Wildman–Crippen MR) is 131 cm³/mol. The van der Waals surface area contributed by atoms with Crippen molar-refractivity contribution in [3.05, 3.63) is 83.3 Å². The Hall–Kier alpha value is -2.63. The highest BCUT2D eigenvalue weighted by atomic mass is 32.1. The van der Waals surface area contributed by atoms with Crippen molar-refractivity contribution in [1.82, 2.24) is 15.3 Å². The van der Waals surface area contributed by atoms with Gasteiger partial charge in [-0.15, -0.1) is 0 Å². The van der Waals surface area contributed by atoms with Crippen LogP contribution in [0, 0.1) is 5.82 Å². The van der Waals surface area contributed by atoms with Crippen LogP contribution in [0.2, 0.25) is 0 Å². The molecule has 5 heteroatoms. The van der Waals surface area contributed by atoms with Crippen molar-refractivity contribution in [3.8, 4) is 10.6 Å². The van der Waals surface area contributed by atoms with E-state index in [-0.39, 0.29) is 17.3 Å². The Morgan fingerprint density at radius 2 is 1.81 bits per heavy atom. The molecule has 1 N–H and O–H groups in total. The lowest BCUT2D eigenvalue weighted by molar-refractivity contribution is 0.467. The van der Waals surface area contributed by atoms with Crippen molar-refractivity contribution >= 4 is 21.7 Å². The number of fused-ring (bicyclic) bond motifs is 1. The maximum absolute atomic E-state index is 15.1. The van der Waals surface area contributed by atoms with Gasteiger partial charge in [0.05, 0.1) is 5.69 Å². The quantitative estimate of drug-likeness (QED) is 0.332. The molecule has 4 aromatic rings. The van der Waals surface area contributed by atoms with E-state index in [1.807, 2.05) is 24.3 Å². The van der Waals surface area contributed by atoms with E-state index in [0.29, 0.717) is 16.6 Å². The lowest BCUT2D eigenvalue weighted by Gasteiger charge is -2.19. The molecule has 0 bridgehead atoms. The first-order valence-electron chi connectivity index (χ1n) is 11.4. The van der Waals surface area contributed by atoms with Gasteiger partial charge in [0.1, 0.15) is 21.2 Å². The van der Waals surface area contributed by atoms with Crippen LogP contribution >= 0.6 is 11.3 Å². The average Bonchev–Trinajstić information content (AvgIpc) is 3.52. The zero-order valence-electron chi connectivity index (χ0n) is 18.7. The summed E-state index contributed by atoms with van der Waals surface area (Å²) in [6.45, 7) is 6.36.